The van der Waals surface area contributed by atoms with Crippen LogP contribution in [0.25, 0.3) is 0 Å². The van der Waals surface area contributed by atoms with Gasteiger partial charge >= 0.3 is 0 Å². The van der Waals surface area contributed by atoms with Gasteiger partial charge in [-0.05, 0) is 6.07 Å². The maximum atomic E-state index is 11.2. The Bertz CT molecular complexity index is 312. The molecule has 2 rings (SSSR count). The third-order valence-electron chi connectivity index (χ3n) is 2.50. The van der Waals surface area contributed by atoms with Crippen LogP contribution in [0.5, 0.6) is 0 Å². The second-order valence-corrected chi connectivity index (χ2v) is 3.27. The van der Waals surface area contributed by atoms with E-state index in [0.29, 0.717) is 6.54 Å². The van der Waals surface area contributed by atoms with Crippen molar-refractivity contribution in [1.82, 2.24) is 15.3 Å². The van der Waals surface area contributed by atoms with Gasteiger partial charge in [-0.3, -0.25) is 4.79 Å². The van der Waals surface area contributed by atoms with Gasteiger partial charge in [-0.25, -0.2) is 9.97 Å². The number of hydrogen-bond acceptors (Lipinski definition) is 3. The van der Waals surface area contributed by atoms with Crippen LogP contribution in [0.2, 0.25) is 0 Å². The lowest BCUT2D eigenvalue weighted by Crippen LogP contribution is -2.17. The summed E-state index contributed by atoms with van der Waals surface area (Å²) in [5.74, 6) is 0.342. The molecule has 1 aromatic heterocycles. The van der Waals surface area contributed by atoms with Crippen molar-refractivity contribution in [1.29, 1.82) is 0 Å². The smallest absolute Gasteiger partial charge is 0.223 e. The van der Waals surface area contributed by atoms with Gasteiger partial charge in [0, 0.05) is 30.3 Å². The Balaban J connectivity index is 2.24. The predicted octanol–water partition coefficient (Wildman–Crippen LogP) is 0.326. The van der Waals surface area contributed by atoms with Gasteiger partial charge in [0.2, 0.25) is 5.91 Å². The largest absolute Gasteiger partial charge is 0.355 e. The van der Waals surface area contributed by atoms with Crippen molar-refractivity contribution >= 4 is 5.91 Å². The summed E-state index contributed by atoms with van der Waals surface area (Å²) in [5.41, 5.74) is 0.945. The van der Waals surface area contributed by atoms with E-state index in [1.54, 1.807) is 6.20 Å². The highest BCUT2D eigenvalue weighted by Crippen LogP contribution is 2.26. The van der Waals surface area contributed by atoms with E-state index in [1.807, 2.05) is 13.0 Å². The lowest BCUT2D eigenvalue weighted by atomic mass is 9.94. The highest BCUT2D eigenvalue weighted by molar-refractivity contribution is 5.81. The van der Waals surface area contributed by atoms with Gasteiger partial charge in [0.15, 0.2) is 0 Å². The van der Waals surface area contributed by atoms with E-state index >= 15 is 0 Å². The van der Waals surface area contributed by atoms with Gasteiger partial charge in [-0.2, -0.15) is 0 Å². The lowest BCUT2D eigenvalue weighted by molar-refractivity contribution is -0.122. The molecule has 2 unspecified atom stereocenters. The average molecular weight is 177 g/mol. The molecule has 1 fully saturated rings. The third kappa shape index (κ3) is 1.39. The lowest BCUT2D eigenvalue weighted by Gasteiger charge is -2.10. The van der Waals surface area contributed by atoms with Crippen molar-refractivity contribution in [3.63, 3.8) is 0 Å². The van der Waals surface area contributed by atoms with Crippen LogP contribution in [-0.4, -0.2) is 22.4 Å². The van der Waals surface area contributed by atoms with E-state index in [4.69, 9.17) is 0 Å². The summed E-state index contributed by atoms with van der Waals surface area (Å²) in [6.45, 7) is 2.62. The van der Waals surface area contributed by atoms with E-state index in [0.717, 1.165) is 5.69 Å². The summed E-state index contributed by atoms with van der Waals surface area (Å²) in [6.07, 6.45) is 3.22. The van der Waals surface area contributed by atoms with Gasteiger partial charge in [0.1, 0.15) is 6.33 Å². The number of nitrogens with zero attached hydrogens (tertiary/aromatic N) is 2. The summed E-state index contributed by atoms with van der Waals surface area (Å²) in [4.78, 5) is 19.2. The molecule has 0 bridgehead atoms. The van der Waals surface area contributed by atoms with Gasteiger partial charge in [0.05, 0.1) is 0 Å². The molecule has 1 aliphatic heterocycles. The highest BCUT2D eigenvalue weighted by atomic mass is 16.2. The van der Waals surface area contributed by atoms with Gasteiger partial charge in [-0.15, -0.1) is 0 Å². The fraction of sp³-hybridized carbons (Fsp3) is 0.444. The van der Waals surface area contributed by atoms with Crippen LogP contribution in [0.4, 0.5) is 0 Å². The Morgan fingerprint density at radius 3 is 3.00 bits per heavy atom. The maximum Gasteiger partial charge on any atom is 0.223 e. The zero-order valence-corrected chi connectivity index (χ0v) is 7.40. The van der Waals surface area contributed by atoms with Crippen LogP contribution in [-0.2, 0) is 4.79 Å². The molecule has 1 aliphatic rings. The number of carbonyl (C=O) groups is 1. The van der Waals surface area contributed by atoms with Crippen LogP contribution >= 0.6 is 0 Å². The first-order valence-electron chi connectivity index (χ1n) is 4.32. The fourth-order valence-corrected chi connectivity index (χ4v) is 1.61. The molecule has 0 aromatic carbocycles. The third-order valence-corrected chi connectivity index (χ3v) is 2.50. The molecule has 68 valence electrons. The number of aromatic nitrogens is 2. The van der Waals surface area contributed by atoms with Crippen molar-refractivity contribution in [2.45, 2.75) is 12.8 Å². The molecule has 2 heterocycles. The van der Waals surface area contributed by atoms with Crippen molar-refractivity contribution in [3.05, 3.63) is 24.3 Å². The van der Waals surface area contributed by atoms with Crippen LogP contribution in [0.3, 0.4) is 0 Å². The number of hydrogen-bond donors (Lipinski definition) is 1. The Labute approximate surface area is 76.4 Å². The van der Waals surface area contributed by atoms with Crippen LogP contribution in [0.1, 0.15) is 18.5 Å². The average Bonchev–Trinajstić information content (AvgIpc) is 2.49. The van der Waals surface area contributed by atoms with Crippen molar-refractivity contribution < 1.29 is 4.79 Å². The molecule has 1 N–H and O–H groups in total. The van der Waals surface area contributed by atoms with Gasteiger partial charge in [-0.1, -0.05) is 6.92 Å². The maximum absolute atomic E-state index is 11.2. The first kappa shape index (κ1) is 8.16. The van der Waals surface area contributed by atoms with E-state index in [2.05, 4.69) is 15.3 Å². The molecule has 2 atom stereocenters. The predicted molar refractivity (Wildman–Crippen MR) is 46.9 cm³/mol. The van der Waals surface area contributed by atoms with Crippen LogP contribution in [0.15, 0.2) is 18.6 Å². The molecule has 0 spiro atoms. The first-order valence-corrected chi connectivity index (χ1v) is 4.32. The molecular formula is C9H11N3O. The quantitative estimate of drug-likeness (QED) is 0.672. The molecule has 1 aromatic rings. The number of nitrogens with one attached hydrogen (secondary N) is 1. The number of carbonyl (C=O) groups excluding carboxylic acids is 1. The van der Waals surface area contributed by atoms with E-state index < -0.39 is 0 Å². The molecule has 13 heavy (non-hydrogen) atoms. The minimum Gasteiger partial charge on any atom is -0.355 e. The molecule has 4 heteroatoms. The van der Waals surface area contributed by atoms with Crippen LogP contribution in [0, 0.1) is 5.92 Å². The molecular weight excluding hydrogens is 166 g/mol. The Morgan fingerprint density at radius 1 is 1.62 bits per heavy atom. The Morgan fingerprint density at radius 2 is 2.46 bits per heavy atom. The summed E-state index contributed by atoms with van der Waals surface area (Å²) in [6, 6.07) is 1.86. The minimum atomic E-state index is 0.0231. The summed E-state index contributed by atoms with van der Waals surface area (Å²) < 4.78 is 0. The molecule has 1 saturated heterocycles. The molecule has 0 aliphatic carbocycles. The second-order valence-electron chi connectivity index (χ2n) is 3.27. The molecule has 0 radical (unpaired) electrons. The Hall–Kier alpha value is -1.45. The van der Waals surface area contributed by atoms with E-state index in [1.165, 1.54) is 6.33 Å². The summed E-state index contributed by atoms with van der Waals surface area (Å²) in [5, 5.41) is 2.82. The fourth-order valence-electron chi connectivity index (χ4n) is 1.61. The van der Waals surface area contributed by atoms with Crippen LogP contribution < -0.4 is 5.32 Å². The topological polar surface area (TPSA) is 54.9 Å². The highest BCUT2D eigenvalue weighted by Gasteiger charge is 2.32. The van der Waals surface area contributed by atoms with E-state index in [-0.39, 0.29) is 17.7 Å². The summed E-state index contributed by atoms with van der Waals surface area (Å²) >= 11 is 0. The zero-order chi connectivity index (χ0) is 9.26. The molecule has 1 amide bonds. The number of amides is 1. The van der Waals surface area contributed by atoms with Gasteiger partial charge in [0.25, 0.3) is 0 Å². The summed E-state index contributed by atoms with van der Waals surface area (Å²) in [7, 11) is 0. The van der Waals surface area contributed by atoms with Crippen molar-refractivity contribution in [2.75, 3.05) is 6.54 Å². The normalized spacial score (nSPS) is 27.3. The molecule has 0 saturated carbocycles. The molecule has 4 nitrogen and oxygen atoms in total. The number of rotatable bonds is 1. The first-order chi connectivity index (χ1) is 6.29. The minimum absolute atomic E-state index is 0.0231. The zero-order valence-electron chi connectivity index (χ0n) is 7.40. The second kappa shape index (κ2) is 3.12. The van der Waals surface area contributed by atoms with Crippen molar-refractivity contribution in [2.24, 2.45) is 5.92 Å². The van der Waals surface area contributed by atoms with E-state index in [9.17, 15) is 4.79 Å². The Kier molecular flexibility index (Phi) is 1.96. The SMILES string of the molecule is CC1C(=O)NCC1c1ccncn1. The van der Waals surface area contributed by atoms with Crippen molar-refractivity contribution in [3.8, 4) is 0 Å². The standard InChI is InChI=1S/C9H11N3O/c1-6-7(4-11-9(6)13)8-2-3-10-5-12-8/h2-3,5-7H,4H2,1H3,(H,11,13). The van der Waals surface area contributed by atoms with Gasteiger partial charge < -0.3 is 5.32 Å². The monoisotopic (exact) mass is 177 g/mol.